The van der Waals surface area contributed by atoms with E-state index >= 15 is 0 Å². The zero-order valence-electron chi connectivity index (χ0n) is 19.7. The van der Waals surface area contributed by atoms with Crippen molar-refractivity contribution < 1.29 is 22.7 Å². The van der Waals surface area contributed by atoms with E-state index in [4.69, 9.17) is 4.74 Å². The molecule has 0 bridgehead atoms. The Hall–Kier alpha value is -3.38. The van der Waals surface area contributed by atoms with Crippen LogP contribution in [0.2, 0.25) is 0 Å². The van der Waals surface area contributed by atoms with Gasteiger partial charge >= 0.3 is 5.97 Å². The number of aryl methyl sites for hydroxylation is 2. The lowest BCUT2D eigenvalue weighted by molar-refractivity contribution is -0.153. The molecule has 0 saturated carbocycles. The number of anilines is 1. The smallest absolute Gasteiger partial charge is 0.306 e. The molecule has 12 heteroatoms. The van der Waals surface area contributed by atoms with Gasteiger partial charge in [0, 0.05) is 29.5 Å². The van der Waals surface area contributed by atoms with Crippen molar-refractivity contribution in [2.45, 2.75) is 64.5 Å². The Labute approximate surface area is 198 Å². The maximum Gasteiger partial charge on any atom is 0.306 e. The van der Waals surface area contributed by atoms with Crippen molar-refractivity contribution in [1.82, 2.24) is 24.3 Å². The molecule has 1 atom stereocenters. The van der Waals surface area contributed by atoms with E-state index in [1.165, 1.54) is 37.5 Å². The van der Waals surface area contributed by atoms with Gasteiger partial charge in [0.25, 0.3) is 11.7 Å². The van der Waals surface area contributed by atoms with Crippen molar-refractivity contribution in [2.75, 3.05) is 5.32 Å². The summed E-state index contributed by atoms with van der Waals surface area (Å²) in [6.07, 6.45) is 0.837. The predicted octanol–water partition coefficient (Wildman–Crippen LogP) is 1.93. The first-order valence-corrected chi connectivity index (χ1v) is 12.2. The third-order valence-corrected chi connectivity index (χ3v) is 6.74. The van der Waals surface area contributed by atoms with E-state index in [0.717, 1.165) is 17.0 Å². The molecule has 0 fully saturated rings. The Bertz CT molecular complexity index is 1300. The molecular formula is C22H28N6O5S. The van der Waals surface area contributed by atoms with Gasteiger partial charge in [0.15, 0.2) is 6.10 Å². The summed E-state index contributed by atoms with van der Waals surface area (Å²) in [4.78, 5) is 33.3. The van der Waals surface area contributed by atoms with Crippen molar-refractivity contribution in [3.8, 4) is 0 Å². The van der Waals surface area contributed by atoms with E-state index in [9.17, 15) is 18.0 Å². The van der Waals surface area contributed by atoms with Gasteiger partial charge < -0.3 is 10.1 Å². The minimum atomic E-state index is -3.63. The Balaban J connectivity index is 1.55. The molecule has 0 aliphatic carbocycles. The molecule has 2 N–H and O–H groups in total. The number of hydrogen-bond acceptors (Lipinski definition) is 8. The molecule has 0 aliphatic heterocycles. The summed E-state index contributed by atoms with van der Waals surface area (Å²) < 4.78 is 33.8. The summed E-state index contributed by atoms with van der Waals surface area (Å²) >= 11 is 0. The van der Waals surface area contributed by atoms with Gasteiger partial charge in [0.2, 0.25) is 10.0 Å². The molecule has 0 saturated heterocycles. The zero-order valence-corrected chi connectivity index (χ0v) is 20.5. The van der Waals surface area contributed by atoms with Crippen molar-refractivity contribution in [3.63, 3.8) is 0 Å². The van der Waals surface area contributed by atoms with Gasteiger partial charge in [0.1, 0.15) is 6.33 Å². The van der Waals surface area contributed by atoms with Gasteiger partial charge in [0.05, 0.1) is 4.90 Å². The second kappa shape index (κ2) is 10.3. The molecular weight excluding hydrogens is 460 g/mol. The first-order valence-electron chi connectivity index (χ1n) is 10.8. The highest BCUT2D eigenvalue weighted by molar-refractivity contribution is 7.89. The molecule has 0 aliphatic rings. The van der Waals surface area contributed by atoms with Crippen molar-refractivity contribution >= 4 is 33.4 Å². The molecule has 1 amide bonds. The van der Waals surface area contributed by atoms with E-state index in [-0.39, 0.29) is 17.4 Å². The number of ether oxygens (including phenoxy) is 1. The molecule has 0 radical (unpaired) electrons. The topological polar surface area (TPSA) is 145 Å². The van der Waals surface area contributed by atoms with Gasteiger partial charge in [-0.15, -0.1) is 0 Å². The van der Waals surface area contributed by atoms with Gasteiger partial charge in [-0.2, -0.15) is 10.1 Å². The number of amides is 1. The van der Waals surface area contributed by atoms with Crippen LogP contribution in [0.1, 0.15) is 44.1 Å². The fraction of sp³-hybridized carbons (Fsp3) is 0.409. The molecule has 2 aromatic heterocycles. The van der Waals surface area contributed by atoms with Gasteiger partial charge in [-0.1, -0.05) is 0 Å². The number of sulfonamides is 1. The minimum absolute atomic E-state index is 0.0661. The highest BCUT2D eigenvalue weighted by Gasteiger charge is 2.20. The van der Waals surface area contributed by atoms with E-state index in [1.54, 1.807) is 18.4 Å². The summed E-state index contributed by atoms with van der Waals surface area (Å²) in [6.45, 7) is 8.64. The summed E-state index contributed by atoms with van der Waals surface area (Å²) in [5, 5.41) is 6.74. The third kappa shape index (κ3) is 5.94. The average Bonchev–Trinajstić information content (AvgIpc) is 3.21. The van der Waals surface area contributed by atoms with Crippen LogP contribution in [0, 0.1) is 13.8 Å². The molecule has 2 heterocycles. The van der Waals surface area contributed by atoms with Crippen LogP contribution in [-0.2, 0) is 30.8 Å². The van der Waals surface area contributed by atoms with Gasteiger partial charge in [-0.05, 0) is 70.9 Å². The number of nitrogens with zero attached hydrogens (tertiary/aromatic N) is 4. The Morgan fingerprint density at radius 1 is 1.12 bits per heavy atom. The number of fused-ring (bicyclic) bond motifs is 1. The lowest BCUT2D eigenvalue weighted by Crippen LogP contribution is -2.31. The predicted molar refractivity (Wildman–Crippen MR) is 125 cm³/mol. The molecule has 11 nitrogen and oxygen atoms in total. The van der Waals surface area contributed by atoms with Crippen LogP contribution in [-0.4, -0.2) is 52.0 Å². The van der Waals surface area contributed by atoms with Crippen LogP contribution in [0.25, 0.3) is 5.78 Å². The van der Waals surface area contributed by atoms with Gasteiger partial charge in [-0.3, -0.25) is 9.59 Å². The van der Waals surface area contributed by atoms with Crippen LogP contribution < -0.4 is 10.0 Å². The van der Waals surface area contributed by atoms with Gasteiger partial charge in [-0.25, -0.2) is 22.6 Å². The number of aromatic nitrogens is 4. The number of hydrogen-bond donors (Lipinski definition) is 2. The summed E-state index contributed by atoms with van der Waals surface area (Å²) in [7, 11) is -3.63. The molecule has 3 rings (SSSR count). The fourth-order valence-corrected chi connectivity index (χ4v) is 4.64. The van der Waals surface area contributed by atoms with E-state index < -0.39 is 28.0 Å². The number of carbonyl (C=O) groups is 2. The molecule has 34 heavy (non-hydrogen) atoms. The summed E-state index contributed by atoms with van der Waals surface area (Å²) in [6, 6.07) is 5.48. The monoisotopic (exact) mass is 488 g/mol. The average molecular weight is 489 g/mol. The number of benzene rings is 1. The Morgan fingerprint density at radius 3 is 2.44 bits per heavy atom. The van der Waals surface area contributed by atoms with Crippen molar-refractivity contribution in [1.29, 1.82) is 0 Å². The van der Waals surface area contributed by atoms with Crippen LogP contribution >= 0.6 is 0 Å². The van der Waals surface area contributed by atoms with Crippen molar-refractivity contribution in [3.05, 3.63) is 47.5 Å². The normalized spacial score (nSPS) is 12.6. The lowest BCUT2D eigenvalue weighted by Gasteiger charge is -2.15. The lowest BCUT2D eigenvalue weighted by atomic mass is 10.1. The van der Waals surface area contributed by atoms with E-state index in [2.05, 4.69) is 25.1 Å². The molecule has 1 aromatic carbocycles. The van der Waals surface area contributed by atoms with Crippen LogP contribution in [0.5, 0.6) is 0 Å². The summed E-state index contributed by atoms with van der Waals surface area (Å²) in [5.74, 6) is -0.558. The van der Waals surface area contributed by atoms with Crippen LogP contribution in [0.15, 0.2) is 35.5 Å². The fourth-order valence-electron chi connectivity index (χ4n) is 3.39. The van der Waals surface area contributed by atoms with E-state index in [0.29, 0.717) is 17.9 Å². The first kappa shape index (κ1) is 25.2. The van der Waals surface area contributed by atoms with Crippen LogP contribution in [0.3, 0.4) is 0 Å². The highest BCUT2D eigenvalue weighted by Crippen LogP contribution is 2.17. The molecule has 182 valence electrons. The largest absolute Gasteiger partial charge is 0.453 e. The third-order valence-electron chi connectivity index (χ3n) is 5.07. The number of carbonyl (C=O) groups excluding carboxylic acids is 2. The second-order valence-electron chi connectivity index (χ2n) is 8.15. The second-order valence-corrected chi connectivity index (χ2v) is 9.87. The Morgan fingerprint density at radius 2 is 1.79 bits per heavy atom. The minimum Gasteiger partial charge on any atom is -0.453 e. The molecule has 1 unspecified atom stereocenters. The summed E-state index contributed by atoms with van der Waals surface area (Å²) in [5.41, 5.74) is 2.85. The Kier molecular flexibility index (Phi) is 7.62. The first-order chi connectivity index (χ1) is 16.0. The number of nitrogens with one attached hydrogen (secondary N) is 2. The maximum atomic E-state index is 12.4. The number of esters is 1. The quantitative estimate of drug-likeness (QED) is 0.435. The molecule has 3 aromatic rings. The highest BCUT2D eigenvalue weighted by atomic mass is 32.2. The standard InChI is InChI=1S/C22H28N6O5S/c1-13(2)27-34(31,32)18-8-6-17(7-9-18)26-21(30)16(5)33-20(29)11-10-19-14(3)25-22-23-12-24-28(22)15(19)4/h6-9,12-13,16,27H,10-11H2,1-5H3,(H,26,30). The van der Waals surface area contributed by atoms with Crippen molar-refractivity contribution in [2.24, 2.45) is 0 Å². The zero-order chi connectivity index (χ0) is 25.0. The molecule has 0 spiro atoms. The maximum absolute atomic E-state index is 12.4. The van der Waals surface area contributed by atoms with Crippen LogP contribution in [0.4, 0.5) is 5.69 Å². The van der Waals surface area contributed by atoms with E-state index in [1.807, 2.05) is 13.8 Å². The number of rotatable bonds is 9. The SMILES string of the molecule is Cc1nc2ncnn2c(C)c1CCC(=O)OC(C)C(=O)Nc1ccc(S(=O)(=O)NC(C)C)cc1.